The van der Waals surface area contributed by atoms with Gasteiger partial charge in [0.15, 0.2) is 0 Å². The lowest BCUT2D eigenvalue weighted by molar-refractivity contribution is -0.133. The molecule has 84 valence electrons. The van der Waals surface area contributed by atoms with Crippen LogP contribution in [0.1, 0.15) is 19.8 Å². The van der Waals surface area contributed by atoms with Crippen LogP contribution in [-0.4, -0.2) is 36.5 Å². The number of hydrogen-bond donors (Lipinski definition) is 2. The third-order valence-corrected chi connectivity index (χ3v) is 2.55. The molecule has 0 radical (unpaired) electrons. The summed E-state index contributed by atoms with van der Waals surface area (Å²) in [4.78, 5) is 13.4. The first-order chi connectivity index (χ1) is 6.15. The number of nitrogens with two attached hydrogens (primary N) is 2. The van der Waals surface area contributed by atoms with Gasteiger partial charge in [0.25, 0.3) is 0 Å². The van der Waals surface area contributed by atoms with Crippen molar-refractivity contribution in [2.45, 2.75) is 25.8 Å². The van der Waals surface area contributed by atoms with E-state index in [9.17, 15) is 4.79 Å². The summed E-state index contributed by atoms with van der Waals surface area (Å²) >= 11 is 0. The van der Waals surface area contributed by atoms with E-state index in [4.69, 9.17) is 11.5 Å². The van der Waals surface area contributed by atoms with Crippen molar-refractivity contribution in [1.29, 1.82) is 0 Å². The van der Waals surface area contributed by atoms with E-state index >= 15 is 0 Å². The van der Waals surface area contributed by atoms with E-state index in [0.29, 0.717) is 12.5 Å². The minimum atomic E-state index is -0.378. The van der Waals surface area contributed by atoms with Gasteiger partial charge in [-0.2, -0.15) is 0 Å². The van der Waals surface area contributed by atoms with Crippen LogP contribution in [0.4, 0.5) is 0 Å². The topological polar surface area (TPSA) is 72.4 Å². The van der Waals surface area contributed by atoms with E-state index in [1.807, 2.05) is 4.90 Å². The van der Waals surface area contributed by atoms with E-state index in [1.54, 1.807) is 6.92 Å². The molecule has 0 aliphatic carbocycles. The standard InChI is InChI=1S/C9H19N3O.ClH/c1-7(11)9(13)12-4-2-3-8(5-10)6-12;/h7-8H,2-6,10-11H2,1H3;1H/t7-,8?;/m1./s1. The van der Waals surface area contributed by atoms with Crippen molar-refractivity contribution in [3.63, 3.8) is 0 Å². The first kappa shape index (κ1) is 13.7. The molecule has 1 aliphatic heterocycles. The molecule has 1 rings (SSSR count). The Kier molecular flexibility index (Phi) is 6.08. The summed E-state index contributed by atoms with van der Waals surface area (Å²) < 4.78 is 0. The molecule has 0 bridgehead atoms. The molecule has 1 saturated heterocycles. The molecule has 0 saturated carbocycles. The highest BCUT2D eigenvalue weighted by atomic mass is 35.5. The lowest BCUT2D eigenvalue weighted by atomic mass is 9.98. The Hall–Kier alpha value is -0.320. The number of amides is 1. The van der Waals surface area contributed by atoms with Gasteiger partial charge in [0.05, 0.1) is 6.04 Å². The zero-order chi connectivity index (χ0) is 9.84. The van der Waals surface area contributed by atoms with Crippen molar-refractivity contribution in [3.05, 3.63) is 0 Å². The molecule has 0 spiro atoms. The fraction of sp³-hybridized carbons (Fsp3) is 0.889. The number of carbonyl (C=O) groups excluding carboxylic acids is 1. The van der Waals surface area contributed by atoms with Gasteiger partial charge in [-0.25, -0.2) is 0 Å². The second kappa shape index (κ2) is 6.22. The molecular formula is C9H20ClN3O. The summed E-state index contributed by atoms with van der Waals surface area (Å²) in [5, 5.41) is 0. The third-order valence-electron chi connectivity index (χ3n) is 2.55. The van der Waals surface area contributed by atoms with E-state index < -0.39 is 0 Å². The minimum absolute atomic E-state index is 0. The Morgan fingerprint density at radius 3 is 2.79 bits per heavy atom. The predicted octanol–water partition coefficient (Wildman–Crippen LogP) is -0.0473. The summed E-state index contributed by atoms with van der Waals surface area (Å²) in [5.74, 6) is 0.523. The molecule has 1 heterocycles. The normalized spacial score (nSPS) is 23.9. The van der Waals surface area contributed by atoms with Crippen LogP contribution in [0.2, 0.25) is 0 Å². The molecule has 2 atom stereocenters. The molecule has 4 nitrogen and oxygen atoms in total. The van der Waals surface area contributed by atoms with Crippen molar-refractivity contribution in [2.75, 3.05) is 19.6 Å². The van der Waals surface area contributed by atoms with Gasteiger partial charge >= 0.3 is 0 Å². The average molecular weight is 222 g/mol. The maximum Gasteiger partial charge on any atom is 0.239 e. The fourth-order valence-electron chi connectivity index (χ4n) is 1.75. The summed E-state index contributed by atoms with van der Waals surface area (Å²) in [6.07, 6.45) is 2.19. The zero-order valence-electron chi connectivity index (χ0n) is 8.61. The number of piperidine rings is 1. The van der Waals surface area contributed by atoms with Gasteiger partial charge in [-0.15, -0.1) is 12.4 Å². The second-order valence-electron chi connectivity index (χ2n) is 3.82. The van der Waals surface area contributed by atoms with Gasteiger partial charge in [0, 0.05) is 13.1 Å². The number of halogens is 1. The smallest absolute Gasteiger partial charge is 0.239 e. The van der Waals surface area contributed by atoms with Crippen LogP contribution in [0.25, 0.3) is 0 Å². The summed E-state index contributed by atoms with van der Waals surface area (Å²) in [7, 11) is 0. The summed E-state index contributed by atoms with van der Waals surface area (Å²) in [6, 6.07) is -0.378. The van der Waals surface area contributed by atoms with Crippen LogP contribution in [0.15, 0.2) is 0 Å². The molecule has 0 aromatic heterocycles. The Labute approximate surface area is 91.4 Å². The highest BCUT2D eigenvalue weighted by Gasteiger charge is 2.24. The lowest BCUT2D eigenvalue weighted by Gasteiger charge is -2.33. The summed E-state index contributed by atoms with van der Waals surface area (Å²) in [5.41, 5.74) is 11.1. The molecule has 14 heavy (non-hydrogen) atoms. The van der Waals surface area contributed by atoms with Crippen molar-refractivity contribution >= 4 is 18.3 Å². The van der Waals surface area contributed by atoms with Crippen LogP contribution in [0.5, 0.6) is 0 Å². The molecule has 1 fully saturated rings. The molecule has 1 amide bonds. The lowest BCUT2D eigenvalue weighted by Crippen LogP contribution is -2.47. The SMILES string of the molecule is C[C@@H](N)C(=O)N1CCCC(CN)C1.Cl. The van der Waals surface area contributed by atoms with Crippen LogP contribution >= 0.6 is 12.4 Å². The first-order valence-corrected chi connectivity index (χ1v) is 4.89. The number of nitrogens with zero attached hydrogens (tertiary/aromatic N) is 1. The first-order valence-electron chi connectivity index (χ1n) is 4.89. The monoisotopic (exact) mass is 221 g/mol. The van der Waals surface area contributed by atoms with Crippen molar-refractivity contribution in [1.82, 2.24) is 4.90 Å². The molecule has 4 N–H and O–H groups in total. The number of likely N-dealkylation sites (tertiary alicyclic amines) is 1. The van der Waals surface area contributed by atoms with E-state index in [1.165, 1.54) is 0 Å². The fourth-order valence-corrected chi connectivity index (χ4v) is 1.75. The van der Waals surface area contributed by atoms with E-state index in [0.717, 1.165) is 25.9 Å². The zero-order valence-corrected chi connectivity index (χ0v) is 9.43. The van der Waals surface area contributed by atoms with Gasteiger partial charge in [0.2, 0.25) is 5.91 Å². The van der Waals surface area contributed by atoms with Crippen LogP contribution < -0.4 is 11.5 Å². The van der Waals surface area contributed by atoms with Crippen LogP contribution in [0, 0.1) is 5.92 Å². The molecule has 1 unspecified atom stereocenters. The van der Waals surface area contributed by atoms with Gasteiger partial charge in [0.1, 0.15) is 0 Å². The van der Waals surface area contributed by atoms with Gasteiger partial charge in [-0.05, 0) is 32.2 Å². The highest BCUT2D eigenvalue weighted by Crippen LogP contribution is 2.15. The van der Waals surface area contributed by atoms with Crippen molar-refractivity contribution in [3.8, 4) is 0 Å². The number of rotatable bonds is 2. The van der Waals surface area contributed by atoms with E-state index in [2.05, 4.69) is 0 Å². The molecular weight excluding hydrogens is 202 g/mol. The molecule has 0 aromatic rings. The third kappa shape index (κ3) is 3.44. The second-order valence-corrected chi connectivity index (χ2v) is 3.82. The average Bonchev–Trinajstić information content (AvgIpc) is 2.16. The predicted molar refractivity (Wildman–Crippen MR) is 59.3 cm³/mol. The Bertz CT molecular complexity index is 187. The van der Waals surface area contributed by atoms with Crippen LogP contribution in [0.3, 0.4) is 0 Å². The van der Waals surface area contributed by atoms with Gasteiger partial charge in [-0.1, -0.05) is 0 Å². The maximum atomic E-state index is 11.5. The van der Waals surface area contributed by atoms with Gasteiger partial charge in [-0.3, -0.25) is 4.79 Å². The number of hydrogen-bond acceptors (Lipinski definition) is 3. The Morgan fingerprint density at radius 2 is 2.29 bits per heavy atom. The van der Waals surface area contributed by atoms with Crippen LogP contribution in [-0.2, 0) is 4.79 Å². The summed E-state index contributed by atoms with van der Waals surface area (Å²) in [6.45, 7) is 4.03. The largest absolute Gasteiger partial charge is 0.341 e. The quantitative estimate of drug-likeness (QED) is 0.687. The minimum Gasteiger partial charge on any atom is -0.341 e. The Morgan fingerprint density at radius 1 is 1.64 bits per heavy atom. The van der Waals surface area contributed by atoms with Crippen molar-refractivity contribution in [2.24, 2.45) is 17.4 Å². The number of carbonyl (C=O) groups is 1. The van der Waals surface area contributed by atoms with Crippen molar-refractivity contribution < 1.29 is 4.79 Å². The van der Waals surface area contributed by atoms with E-state index in [-0.39, 0.29) is 24.4 Å². The molecule has 0 aromatic carbocycles. The molecule has 5 heteroatoms. The molecule has 1 aliphatic rings. The van der Waals surface area contributed by atoms with Gasteiger partial charge < -0.3 is 16.4 Å². The Balaban J connectivity index is 0.00000169. The highest BCUT2D eigenvalue weighted by molar-refractivity contribution is 5.85. The maximum absolute atomic E-state index is 11.5.